The maximum absolute atomic E-state index is 12.4. The molecule has 1 N–H and O–H groups in total. The smallest absolute Gasteiger partial charge is 0.176 e. The molecular formula is C17H25NO2. The highest BCUT2D eigenvalue weighted by Gasteiger charge is 2.16. The fourth-order valence-electron chi connectivity index (χ4n) is 2.83. The van der Waals surface area contributed by atoms with Gasteiger partial charge in [0.25, 0.3) is 0 Å². The van der Waals surface area contributed by atoms with Crippen LogP contribution in [0.1, 0.15) is 47.7 Å². The predicted molar refractivity (Wildman–Crippen MR) is 81.2 cm³/mol. The van der Waals surface area contributed by atoms with E-state index in [0.29, 0.717) is 13.1 Å². The molecule has 1 aromatic carbocycles. The van der Waals surface area contributed by atoms with Crippen LogP contribution in [0.4, 0.5) is 0 Å². The van der Waals surface area contributed by atoms with E-state index < -0.39 is 0 Å². The van der Waals surface area contributed by atoms with Gasteiger partial charge in [-0.2, -0.15) is 0 Å². The lowest BCUT2D eigenvalue weighted by atomic mass is 10.0. The summed E-state index contributed by atoms with van der Waals surface area (Å²) in [5.74, 6) is 0.171. The summed E-state index contributed by atoms with van der Waals surface area (Å²) in [5.41, 5.74) is 3.57. The molecule has 1 aromatic rings. The van der Waals surface area contributed by atoms with Crippen LogP contribution in [0.15, 0.2) is 18.2 Å². The Hall–Kier alpha value is -1.19. The Morgan fingerprint density at radius 1 is 1.25 bits per heavy atom. The molecule has 2 rings (SSSR count). The molecule has 3 nitrogen and oxygen atoms in total. The number of aliphatic hydroxyl groups is 1. The number of Topliss-reactive ketones (excluding diaryl/α,β-unsaturated/α-hetero) is 1. The predicted octanol–water partition coefficient (Wildman–Crippen LogP) is 2.45. The summed E-state index contributed by atoms with van der Waals surface area (Å²) < 4.78 is 0. The van der Waals surface area contributed by atoms with Crippen LogP contribution in [0.3, 0.4) is 0 Å². The number of rotatable bonds is 8. The van der Waals surface area contributed by atoms with Crippen LogP contribution in [0.5, 0.6) is 0 Å². The minimum Gasteiger partial charge on any atom is -0.395 e. The van der Waals surface area contributed by atoms with Gasteiger partial charge in [-0.15, -0.1) is 0 Å². The molecule has 0 bridgehead atoms. The summed E-state index contributed by atoms with van der Waals surface area (Å²) in [6.07, 6.45) is 5.64. The van der Waals surface area contributed by atoms with Crippen molar-refractivity contribution in [2.24, 2.45) is 0 Å². The lowest BCUT2D eigenvalue weighted by molar-refractivity contribution is 0.0913. The lowest BCUT2D eigenvalue weighted by Crippen LogP contribution is -2.33. The van der Waals surface area contributed by atoms with Crippen molar-refractivity contribution in [1.29, 1.82) is 0 Å². The van der Waals surface area contributed by atoms with E-state index in [2.05, 4.69) is 24.0 Å². The van der Waals surface area contributed by atoms with Gasteiger partial charge in [-0.05, 0) is 49.4 Å². The Bertz CT molecular complexity index is 456. The number of nitrogens with zero attached hydrogens (tertiary/aromatic N) is 1. The third-order valence-corrected chi connectivity index (χ3v) is 4.03. The summed E-state index contributed by atoms with van der Waals surface area (Å²) >= 11 is 0. The van der Waals surface area contributed by atoms with E-state index in [1.165, 1.54) is 17.5 Å². The summed E-state index contributed by atoms with van der Waals surface area (Å²) in [6, 6.07) is 6.14. The summed E-state index contributed by atoms with van der Waals surface area (Å²) in [5, 5.41) is 9.09. The van der Waals surface area contributed by atoms with Gasteiger partial charge >= 0.3 is 0 Å². The van der Waals surface area contributed by atoms with Crippen LogP contribution in [0, 0.1) is 0 Å². The van der Waals surface area contributed by atoms with E-state index >= 15 is 0 Å². The Morgan fingerprint density at radius 2 is 2.05 bits per heavy atom. The zero-order valence-electron chi connectivity index (χ0n) is 12.4. The molecule has 0 unspecified atom stereocenters. The fraction of sp³-hybridized carbons (Fsp3) is 0.588. The van der Waals surface area contributed by atoms with Gasteiger partial charge in [0.05, 0.1) is 13.2 Å². The second kappa shape index (κ2) is 7.55. The van der Waals surface area contributed by atoms with Gasteiger partial charge in [-0.25, -0.2) is 0 Å². The minimum atomic E-state index is 0.112. The van der Waals surface area contributed by atoms with Crippen LogP contribution in [-0.2, 0) is 12.8 Å². The first-order valence-electron chi connectivity index (χ1n) is 7.72. The maximum atomic E-state index is 12.4. The Balaban J connectivity index is 1.98. The Kier molecular flexibility index (Phi) is 5.74. The van der Waals surface area contributed by atoms with Crippen molar-refractivity contribution in [3.05, 3.63) is 34.9 Å². The molecule has 0 atom stereocenters. The molecule has 110 valence electrons. The van der Waals surface area contributed by atoms with Crippen molar-refractivity contribution < 1.29 is 9.90 Å². The number of carbonyl (C=O) groups excluding carboxylic acids is 1. The quantitative estimate of drug-likeness (QED) is 0.741. The molecule has 0 heterocycles. The van der Waals surface area contributed by atoms with E-state index in [-0.39, 0.29) is 12.4 Å². The van der Waals surface area contributed by atoms with Gasteiger partial charge in [0, 0.05) is 12.1 Å². The Labute approximate surface area is 121 Å². The van der Waals surface area contributed by atoms with E-state index in [0.717, 1.165) is 37.8 Å². The third kappa shape index (κ3) is 3.90. The SMILES string of the molecule is CCCCN(CCO)CC(=O)c1ccc2c(c1)CCC2. The van der Waals surface area contributed by atoms with E-state index in [1.54, 1.807) is 0 Å². The van der Waals surface area contributed by atoms with Crippen molar-refractivity contribution in [1.82, 2.24) is 4.90 Å². The van der Waals surface area contributed by atoms with Crippen molar-refractivity contribution >= 4 is 5.78 Å². The normalized spacial score (nSPS) is 13.8. The number of benzene rings is 1. The molecule has 0 saturated heterocycles. The molecule has 0 spiro atoms. The number of ketones is 1. The van der Waals surface area contributed by atoms with Crippen molar-refractivity contribution in [3.8, 4) is 0 Å². The molecule has 0 fully saturated rings. The first kappa shape index (κ1) is 15.2. The van der Waals surface area contributed by atoms with Gasteiger partial charge in [-0.1, -0.05) is 25.5 Å². The van der Waals surface area contributed by atoms with E-state index in [4.69, 9.17) is 5.11 Å². The fourth-order valence-corrected chi connectivity index (χ4v) is 2.83. The summed E-state index contributed by atoms with van der Waals surface area (Å²) in [4.78, 5) is 14.4. The number of unbranched alkanes of at least 4 members (excludes halogenated alkanes) is 1. The summed E-state index contributed by atoms with van der Waals surface area (Å²) in [6.45, 7) is 4.13. The first-order valence-corrected chi connectivity index (χ1v) is 7.72. The van der Waals surface area contributed by atoms with Crippen molar-refractivity contribution in [2.75, 3.05) is 26.2 Å². The highest BCUT2D eigenvalue weighted by Crippen LogP contribution is 2.23. The molecule has 20 heavy (non-hydrogen) atoms. The van der Waals surface area contributed by atoms with Crippen molar-refractivity contribution in [2.45, 2.75) is 39.0 Å². The maximum Gasteiger partial charge on any atom is 0.176 e. The van der Waals surface area contributed by atoms with Crippen molar-refractivity contribution in [3.63, 3.8) is 0 Å². The second-order valence-electron chi connectivity index (χ2n) is 5.61. The number of fused-ring (bicyclic) bond motifs is 1. The standard InChI is InChI=1S/C17H25NO2/c1-2-3-9-18(10-11-19)13-17(20)16-8-7-14-5-4-6-15(14)12-16/h7-8,12,19H,2-6,9-11,13H2,1H3. The Morgan fingerprint density at radius 3 is 2.80 bits per heavy atom. The average Bonchev–Trinajstić information content (AvgIpc) is 2.92. The highest BCUT2D eigenvalue weighted by atomic mass is 16.3. The second-order valence-corrected chi connectivity index (χ2v) is 5.61. The van der Waals surface area contributed by atoms with Gasteiger partial charge in [-0.3, -0.25) is 9.69 Å². The van der Waals surface area contributed by atoms with Gasteiger partial charge in [0.2, 0.25) is 0 Å². The molecule has 0 aromatic heterocycles. The van der Waals surface area contributed by atoms with Crippen LogP contribution < -0.4 is 0 Å². The zero-order valence-corrected chi connectivity index (χ0v) is 12.4. The first-order chi connectivity index (χ1) is 9.74. The third-order valence-electron chi connectivity index (χ3n) is 4.03. The highest BCUT2D eigenvalue weighted by molar-refractivity contribution is 5.97. The molecule has 0 saturated carbocycles. The molecule has 0 amide bonds. The van der Waals surface area contributed by atoms with Crippen LogP contribution >= 0.6 is 0 Å². The largest absolute Gasteiger partial charge is 0.395 e. The molecule has 1 aliphatic carbocycles. The van der Waals surface area contributed by atoms with E-state index in [1.807, 2.05) is 6.07 Å². The monoisotopic (exact) mass is 275 g/mol. The van der Waals surface area contributed by atoms with Crippen LogP contribution in [0.25, 0.3) is 0 Å². The van der Waals surface area contributed by atoms with E-state index in [9.17, 15) is 4.79 Å². The number of aryl methyl sites for hydroxylation is 2. The van der Waals surface area contributed by atoms with Gasteiger partial charge in [0.15, 0.2) is 5.78 Å². The molecule has 0 aliphatic heterocycles. The number of hydrogen-bond donors (Lipinski definition) is 1. The average molecular weight is 275 g/mol. The van der Waals surface area contributed by atoms with Crippen LogP contribution in [0.2, 0.25) is 0 Å². The topological polar surface area (TPSA) is 40.5 Å². The minimum absolute atomic E-state index is 0.112. The van der Waals surface area contributed by atoms with Gasteiger partial charge < -0.3 is 5.11 Å². The molecule has 1 aliphatic rings. The lowest BCUT2D eigenvalue weighted by Gasteiger charge is -2.20. The number of aliphatic hydroxyl groups excluding tert-OH is 1. The molecule has 3 heteroatoms. The number of carbonyl (C=O) groups is 1. The van der Waals surface area contributed by atoms with Crippen LogP contribution in [-0.4, -0.2) is 42.0 Å². The number of hydrogen-bond acceptors (Lipinski definition) is 3. The molecule has 0 radical (unpaired) electrons. The molecular weight excluding hydrogens is 250 g/mol. The zero-order chi connectivity index (χ0) is 14.4. The summed E-state index contributed by atoms with van der Waals surface area (Å²) in [7, 11) is 0. The van der Waals surface area contributed by atoms with Gasteiger partial charge in [0.1, 0.15) is 0 Å².